The Kier molecular flexibility index (Phi) is 6.57. The van der Waals surface area contributed by atoms with Gasteiger partial charge in [0.25, 0.3) is 0 Å². The lowest BCUT2D eigenvalue weighted by molar-refractivity contribution is 0.0458. The van der Waals surface area contributed by atoms with Crippen LogP contribution in [-0.2, 0) is 17.9 Å². The van der Waals surface area contributed by atoms with Crippen LogP contribution in [0.4, 0.5) is 18.0 Å². The van der Waals surface area contributed by atoms with Crippen LogP contribution in [0.5, 0.6) is 0 Å². The fraction of sp³-hybridized carbons (Fsp3) is 0.381. The molecule has 1 amide bonds. The molecular formula is C21H22F3NO3. The average molecular weight is 393 g/mol. The zero-order valence-electron chi connectivity index (χ0n) is 15.3. The molecular weight excluding hydrogens is 371 g/mol. The lowest BCUT2D eigenvalue weighted by Crippen LogP contribution is -2.43. The van der Waals surface area contributed by atoms with Gasteiger partial charge in [0.2, 0.25) is 0 Å². The van der Waals surface area contributed by atoms with Crippen LogP contribution in [0.2, 0.25) is 0 Å². The van der Waals surface area contributed by atoms with Crippen LogP contribution in [-0.4, -0.2) is 28.2 Å². The Morgan fingerprint density at radius 2 is 1.64 bits per heavy atom. The van der Waals surface area contributed by atoms with Crippen molar-refractivity contribution in [3.05, 3.63) is 71.0 Å². The monoisotopic (exact) mass is 393 g/mol. The zero-order valence-corrected chi connectivity index (χ0v) is 15.3. The first kappa shape index (κ1) is 20.2. The molecule has 0 aromatic heterocycles. The zero-order chi connectivity index (χ0) is 20.1. The van der Waals surface area contributed by atoms with E-state index in [0.717, 1.165) is 11.6 Å². The first-order valence-corrected chi connectivity index (χ1v) is 9.23. The third-order valence-corrected chi connectivity index (χ3v) is 4.98. The van der Waals surface area contributed by atoms with Crippen LogP contribution >= 0.6 is 0 Å². The summed E-state index contributed by atoms with van der Waals surface area (Å²) in [6, 6.07) is 10.1. The number of aliphatic hydroxyl groups is 1. The van der Waals surface area contributed by atoms with E-state index in [0.29, 0.717) is 31.7 Å². The maximum absolute atomic E-state index is 14.1. The molecule has 0 unspecified atom stereocenters. The third kappa shape index (κ3) is 5.04. The van der Waals surface area contributed by atoms with E-state index in [1.54, 1.807) is 0 Å². The molecule has 1 aliphatic carbocycles. The molecule has 1 saturated carbocycles. The van der Waals surface area contributed by atoms with Gasteiger partial charge in [0, 0.05) is 17.7 Å². The van der Waals surface area contributed by atoms with E-state index in [4.69, 9.17) is 4.74 Å². The Balaban J connectivity index is 1.76. The van der Waals surface area contributed by atoms with Gasteiger partial charge in [-0.1, -0.05) is 30.3 Å². The van der Waals surface area contributed by atoms with Crippen LogP contribution in [0.3, 0.4) is 0 Å². The van der Waals surface area contributed by atoms with Crippen molar-refractivity contribution in [3.63, 3.8) is 0 Å². The fourth-order valence-electron chi connectivity index (χ4n) is 3.38. The molecule has 0 aliphatic heterocycles. The van der Waals surface area contributed by atoms with Gasteiger partial charge in [-0.3, -0.25) is 0 Å². The van der Waals surface area contributed by atoms with Crippen molar-refractivity contribution in [2.75, 3.05) is 0 Å². The summed E-state index contributed by atoms with van der Waals surface area (Å²) in [7, 11) is 0. The number of rotatable bonds is 5. The van der Waals surface area contributed by atoms with Crippen LogP contribution in [0.15, 0.2) is 42.5 Å². The molecule has 28 heavy (non-hydrogen) atoms. The number of carbonyl (C=O) groups excluding carboxylic acids is 1. The van der Waals surface area contributed by atoms with Gasteiger partial charge in [-0.2, -0.15) is 0 Å². The predicted octanol–water partition coefficient (Wildman–Crippen LogP) is 4.55. The van der Waals surface area contributed by atoms with Crippen molar-refractivity contribution < 1.29 is 27.8 Å². The number of aliphatic hydroxyl groups excluding tert-OH is 1. The fourth-order valence-corrected chi connectivity index (χ4v) is 3.38. The van der Waals surface area contributed by atoms with Crippen molar-refractivity contribution in [1.29, 1.82) is 0 Å². The van der Waals surface area contributed by atoms with E-state index in [2.05, 4.69) is 0 Å². The summed E-state index contributed by atoms with van der Waals surface area (Å²) in [5, 5.41) is 9.71. The summed E-state index contributed by atoms with van der Waals surface area (Å²) < 4.78 is 46.3. The Hall–Kier alpha value is -2.54. The van der Waals surface area contributed by atoms with Gasteiger partial charge in [0.15, 0.2) is 11.6 Å². The lowest BCUT2D eigenvalue weighted by atomic mass is 9.92. The first-order chi connectivity index (χ1) is 13.4. The summed E-state index contributed by atoms with van der Waals surface area (Å²) in [6.45, 7) is -0.191. The number of hydrogen-bond acceptors (Lipinski definition) is 3. The van der Waals surface area contributed by atoms with Gasteiger partial charge in [0.05, 0.1) is 12.6 Å². The highest BCUT2D eigenvalue weighted by Gasteiger charge is 2.30. The lowest BCUT2D eigenvalue weighted by Gasteiger charge is -2.35. The van der Waals surface area contributed by atoms with E-state index in [-0.39, 0.29) is 24.8 Å². The quantitative estimate of drug-likeness (QED) is 0.759. The van der Waals surface area contributed by atoms with Gasteiger partial charge in [-0.15, -0.1) is 0 Å². The number of carbonyl (C=O) groups is 1. The number of nitrogens with zero attached hydrogens (tertiary/aromatic N) is 1. The molecule has 0 heterocycles. The minimum atomic E-state index is -1.28. The van der Waals surface area contributed by atoms with Gasteiger partial charge < -0.3 is 14.7 Å². The summed E-state index contributed by atoms with van der Waals surface area (Å²) in [5.74, 6) is -3.37. The molecule has 1 aliphatic rings. The number of benzene rings is 2. The number of hydrogen-bond donors (Lipinski definition) is 1. The SMILES string of the molecule is O=C(OCc1ccccc1)N(Cc1cc(F)c(F)cc1F)[C@H]1CC[C@H](O)CC1. The van der Waals surface area contributed by atoms with Gasteiger partial charge >= 0.3 is 6.09 Å². The third-order valence-electron chi connectivity index (χ3n) is 4.98. The molecule has 1 N–H and O–H groups in total. The molecule has 7 heteroatoms. The maximum Gasteiger partial charge on any atom is 0.410 e. The minimum absolute atomic E-state index is 0.0474. The van der Waals surface area contributed by atoms with Crippen LogP contribution in [0.25, 0.3) is 0 Å². The van der Waals surface area contributed by atoms with E-state index in [9.17, 15) is 23.1 Å². The van der Waals surface area contributed by atoms with E-state index in [1.807, 2.05) is 30.3 Å². The highest BCUT2D eigenvalue weighted by atomic mass is 19.2. The standard InChI is InChI=1S/C21H22F3NO3/c22-18-11-20(24)19(23)10-15(18)12-25(16-6-8-17(26)9-7-16)21(27)28-13-14-4-2-1-3-5-14/h1-5,10-11,16-17,26H,6-9,12-13H2/t16-,17-. The molecule has 2 aromatic carbocycles. The second kappa shape index (κ2) is 9.10. The molecule has 0 atom stereocenters. The van der Waals surface area contributed by atoms with Crippen molar-refractivity contribution in [1.82, 2.24) is 4.90 Å². The van der Waals surface area contributed by atoms with Gasteiger partial charge in [-0.05, 0) is 37.3 Å². The Bertz CT molecular complexity index is 808. The summed E-state index contributed by atoms with van der Waals surface area (Å²) in [5.41, 5.74) is 0.676. The van der Waals surface area contributed by atoms with Crippen molar-refractivity contribution in [3.8, 4) is 0 Å². The smallest absolute Gasteiger partial charge is 0.410 e. The summed E-state index contributed by atoms with van der Waals surface area (Å²) in [6.07, 6.45) is 0.966. The van der Waals surface area contributed by atoms with Crippen molar-refractivity contribution in [2.45, 2.75) is 51.0 Å². The second-order valence-corrected chi connectivity index (χ2v) is 6.99. The molecule has 4 nitrogen and oxygen atoms in total. The molecule has 0 saturated heterocycles. The molecule has 0 radical (unpaired) electrons. The number of halogens is 3. The summed E-state index contributed by atoms with van der Waals surface area (Å²) >= 11 is 0. The largest absolute Gasteiger partial charge is 0.445 e. The summed E-state index contributed by atoms with van der Waals surface area (Å²) in [4.78, 5) is 14.1. The first-order valence-electron chi connectivity index (χ1n) is 9.23. The van der Waals surface area contributed by atoms with Crippen LogP contribution < -0.4 is 0 Å². The van der Waals surface area contributed by atoms with Gasteiger partial charge in [-0.25, -0.2) is 18.0 Å². The van der Waals surface area contributed by atoms with E-state index >= 15 is 0 Å². The average Bonchev–Trinajstić information content (AvgIpc) is 2.69. The molecule has 0 bridgehead atoms. The highest BCUT2D eigenvalue weighted by Crippen LogP contribution is 2.26. The molecule has 3 rings (SSSR count). The van der Waals surface area contributed by atoms with Crippen molar-refractivity contribution >= 4 is 6.09 Å². The topological polar surface area (TPSA) is 49.8 Å². The maximum atomic E-state index is 14.1. The minimum Gasteiger partial charge on any atom is -0.445 e. The van der Waals surface area contributed by atoms with Gasteiger partial charge in [0.1, 0.15) is 12.4 Å². The Morgan fingerprint density at radius 3 is 2.32 bits per heavy atom. The molecule has 1 fully saturated rings. The number of ether oxygens (including phenoxy) is 1. The van der Waals surface area contributed by atoms with Crippen LogP contribution in [0.1, 0.15) is 36.8 Å². The molecule has 0 spiro atoms. The second-order valence-electron chi connectivity index (χ2n) is 6.99. The van der Waals surface area contributed by atoms with Crippen LogP contribution in [0, 0.1) is 17.5 Å². The highest BCUT2D eigenvalue weighted by molar-refractivity contribution is 5.68. The Labute approximate surface area is 161 Å². The van der Waals surface area contributed by atoms with Crippen molar-refractivity contribution in [2.24, 2.45) is 0 Å². The number of amides is 1. The Morgan fingerprint density at radius 1 is 1.00 bits per heavy atom. The molecule has 2 aromatic rings. The normalized spacial score (nSPS) is 19.3. The predicted molar refractivity (Wildman–Crippen MR) is 96.7 cm³/mol. The van der Waals surface area contributed by atoms with E-state index in [1.165, 1.54) is 4.90 Å². The molecule has 150 valence electrons. The van der Waals surface area contributed by atoms with E-state index < -0.39 is 29.6 Å².